The second-order valence-electron chi connectivity index (χ2n) is 22.9. The smallest absolute Gasteiger partial charge is 0.164 e. The Morgan fingerprint density at radius 3 is 1.07 bits per heavy atom. The zero-order valence-electron chi connectivity index (χ0n) is 50.4. The highest BCUT2D eigenvalue weighted by Crippen LogP contribution is 2.47. The number of rotatable bonds is 10. The van der Waals surface area contributed by atoms with Crippen LogP contribution in [0.4, 0.5) is 0 Å². The molecule has 0 unspecified atom stereocenters. The fourth-order valence-corrected chi connectivity index (χ4v) is 15.0. The topological polar surface area (TPSA) is 103 Å². The van der Waals surface area contributed by atoms with Gasteiger partial charge in [0.05, 0.1) is 22.4 Å². The van der Waals surface area contributed by atoms with Crippen molar-refractivity contribution in [3.63, 3.8) is 0 Å². The Labute approximate surface area is 549 Å². The minimum Gasteiger partial charge on any atom is -0.247 e. The SMILES string of the molecule is c1ccc(-c2ccc3nc(-c4cccc(-c5nc(-c6ccccc6)nc(-c6ccccc6)n5)c4)c4c5ccccc5sc4c3c2)cc1.c1ccc(-c2nc(-c3ccccc3)nc(-c3ccc(-c4nc5cccc(-c6ccccc6)c5c5sc6ccccc6c45)cc3)n2)cc1. The van der Waals surface area contributed by atoms with Crippen LogP contribution in [0.2, 0.25) is 0 Å². The number of pyridine rings is 2. The quantitative estimate of drug-likeness (QED) is 0.133. The van der Waals surface area contributed by atoms with E-state index in [1.165, 1.54) is 73.4 Å². The zero-order chi connectivity index (χ0) is 62.3. The average Bonchev–Trinajstić information content (AvgIpc) is 1.40. The van der Waals surface area contributed by atoms with E-state index in [1.54, 1.807) is 0 Å². The number of aromatic nitrogens is 8. The molecule has 0 radical (unpaired) electrons. The molecule has 18 rings (SSSR count). The first-order valence-electron chi connectivity index (χ1n) is 31.1. The van der Waals surface area contributed by atoms with Crippen molar-refractivity contribution in [3.05, 3.63) is 315 Å². The van der Waals surface area contributed by atoms with E-state index in [1.807, 2.05) is 144 Å². The van der Waals surface area contributed by atoms with Crippen LogP contribution in [-0.4, -0.2) is 39.9 Å². The second kappa shape index (κ2) is 24.3. The molecule has 0 aliphatic carbocycles. The van der Waals surface area contributed by atoms with Gasteiger partial charge in [0.25, 0.3) is 0 Å². The normalized spacial score (nSPS) is 11.4. The van der Waals surface area contributed by atoms with Gasteiger partial charge in [-0.25, -0.2) is 39.9 Å². The van der Waals surface area contributed by atoms with E-state index < -0.39 is 0 Å². The Bertz CT molecular complexity index is 5720. The van der Waals surface area contributed by atoms with Crippen LogP contribution in [0.3, 0.4) is 0 Å². The molecule has 0 N–H and O–H groups in total. The maximum Gasteiger partial charge on any atom is 0.164 e. The molecule has 0 fully saturated rings. The van der Waals surface area contributed by atoms with Crippen molar-refractivity contribution in [1.82, 2.24) is 39.9 Å². The summed E-state index contributed by atoms with van der Waals surface area (Å²) in [6.07, 6.45) is 0. The molecule has 8 nitrogen and oxygen atoms in total. The number of fused-ring (bicyclic) bond motifs is 10. The summed E-state index contributed by atoms with van der Waals surface area (Å²) in [6, 6.07) is 109. The first-order valence-corrected chi connectivity index (χ1v) is 32.8. The van der Waals surface area contributed by atoms with E-state index in [0.29, 0.717) is 34.9 Å². The van der Waals surface area contributed by atoms with E-state index in [0.717, 1.165) is 66.9 Å². The molecule has 0 bridgehead atoms. The van der Waals surface area contributed by atoms with E-state index in [9.17, 15) is 0 Å². The Kier molecular flexibility index (Phi) is 14.4. The van der Waals surface area contributed by atoms with Crippen LogP contribution >= 0.6 is 22.7 Å². The van der Waals surface area contributed by atoms with Crippen LogP contribution in [0.5, 0.6) is 0 Å². The van der Waals surface area contributed by atoms with Crippen LogP contribution in [0, 0.1) is 0 Å². The molecule has 0 atom stereocenters. The Morgan fingerprint density at radius 2 is 0.553 bits per heavy atom. The fourth-order valence-electron chi connectivity index (χ4n) is 12.5. The van der Waals surface area contributed by atoms with Crippen LogP contribution in [-0.2, 0) is 0 Å². The molecule has 0 aliphatic heterocycles. The van der Waals surface area contributed by atoms with Gasteiger partial charge in [0, 0.05) is 95.6 Å². The van der Waals surface area contributed by atoms with Crippen molar-refractivity contribution in [2.75, 3.05) is 0 Å². The lowest BCUT2D eigenvalue weighted by molar-refractivity contribution is 1.07. The third-order valence-electron chi connectivity index (χ3n) is 17.0. The van der Waals surface area contributed by atoms with Gasteiger partial charge in [-0.05, 0) is 58.7 Å². The molecule has 440 valence electrons. The molecule has 6 heterocycles. The maximum atomic E-state index is 5.36. The summed E-state index contributed by atoms with van der Waals surface area (Å²) in [6.45, 7) is 0. The molecule has 0 saturated carbocycles. The van der Waals surface area contributed by atoms with E-state index in [4.69, 9.17) is 39.9 Å². The van der Waals surface area contributed by atoms with Gasteiger partial charge < -0.3 is 0 Å². The van der Waals surface area contributed by atoms with Gasteiger partial charge in [-0.1, -0.05) is 279 Å². The highest BCUT2D eigenvalue weighted by atomic mass is 32.1. The third kappa shape index (κ3) is 10.6. The van der Waals surface area contributed by atoms with Gasteiger partial charge in [-0.3, -0.25) is 0 Å². The van der Waals surface area contributed by atoms with Gasteiger partial charge in [0.15, 0.2) is 34.9 Å². The minimum atomic E-state index is 0.624. The van der Waals surface area contributed by atoms with Crippen molar-refractivity contribution in [2.45, 2.75) is 0 Å². The molecule has 0 saturated heterocycles. The molecular formula is C84H52N8S2. The van der Waals surface area contributed by atoms with Crippen molar-refractivity contribution in [1.29, 1.82) is 0 Å². The second-order valence-corrected chi connectivity index (χ2v) is 25.0. The average molecular weight is 1240 g/mol. The lowest BCUT2D eigenvalue weighted by Crippen LogP contribution is -2.00. The standard InChI is InChI=1S/2C42H26N4S/c1-4-13-27(14-5-1)30-23-24-35-34(26-30)39-37(33-21-10-11-22-36(33)47-39)38(43-35)31-19-12-20-32(25-31)42-45-40(28-15-6-2-7-16-28)44-41(46-42)29-17-8-3-9-18-29;1-4-13-27(14-5-1)32-20-12-21-34-36(32)39-37(33-19-10-11-22-35(33)47-39)38(43-34)28-23-25-31(26-24-28)42-45-40(29-15-6-2-7-16-29)44-41(46-42)30-17-8-3-9-18-30/h2*1-26H. The first-order chi connectivity index (χ1) is 46.6. The van der Waals surface area contributed by atoms with Crippen LogP contribution < -0.4 is 0 Å². The van der Waals surface area contributed by atoms with Crippen molar-refractivity contribution < 1.29 is 0 Å². The van der Waals surface area contributed by atoms with Crippen LogP contribution in [0.25, 0.3) is 175 Å². The number of hydrogen-bond donors (Lipinski definition) is 0. The Balaban J connectivity index is 0.000000143. The molecule has 18 aromatic rings. The minimum absolute atomic E-state index is 0.624. The summed E-state index contributed by atoms with van der Waals surface area (Å²) in [5.41, 5.74) is 16.4. The molecular weight excluding hydrogens is 1190 g/mol. The first kappa shape index (κ1) is 55.9. The molecule has 0 spiro atoms. The van der Waals surface area contributed by atoms with E-state index in [-0.39, 0.29) is 0 Å². The molecule has 12 aromatic carbocycles. The molecule has 94 heavy (non-hydrogen) atoms. The monoisotopic (exact) mass is 1240 g/mol. The van der Waals surface area contributed by atoms with Gasteiger partial charge in [0.2, 0.25) is 0 Å². The summed E-state index contributed by atoms with van der Waals surface area (Å²) in [5, 5.41) is 7.16. The van der Waals surface area contributed by atoms with Crippen molar-refractivity contribution in [3.8, 4) is 113 Å². The van der Waals surface area contributed by atoms with Gasteiger partial charge >= 0.3 is 0 Å². The summed E-state index contributed by atoms with van der Waals surface area (Å²) >= 11 is 3.67. The summed E-state index contributed by atoms with van der Waals surface area (Å²) in [5.74, 6) is 3.84. The fraction of sp³-hybridized carbons (Fsp3) is 0. The lowest BCUT2D eigenvalue weighted by Gasteiger charge is -2.12. The Morgan fingerprint density at radius 1 is 0.191 bits per heavy atom. The van der Waals surface area contributed by atoms with Gasteiger partial charge in [-0.2, -0.15) is 0 Å². The largest absolute Gasteiger partial charge is 0.247 e. The number of thiophene rings is 2. The van der Waals surface area contributed by atoms with E-state index in [2.05, 4.69) is 194 Å². The third-order valence-corrected chi connectivity index (χ3v) is 19.4. The summed E-state index contributed by atoms with van der Waals surface area (Å²) < 4.78 is 5.00. The van der Waals surface area contributed by atoms with Crippen molar-refractivity contribution in [2.24, 2.45) is 0 Å². The van der Waals surface area contributed by atoms with Crippen molar-refractivity contribution >= 4 is 84.8 Å². The zero-order valence-corrected chi connectivity index (χ0v) is 52.0. The highest BCUT2D eigenvalue weighted by Gasteiger charge is 2.22. The lowest BCUT2D eigenvalue weighted by atomic mass is 9.96. The summed E-state index contributed by atoms with van der Waals surface area (Å²) in [7, 11) is 0. The van der Waals surface area contributed by atoms with Gasteiger partial charge in [-0.15, -0.1) is 22.7 Å². The predicted molar refractivity (Wildman–Crippen MR) is 390 cm³/mol. The number of hydrogen-bond acceptors (Lipinski definition) is 10. The van der Waals surface area contributed by atoms with Crippen LogP contribution in [0.15, 0.2) is 315 Å². The molecule has 6 aromatic heterocycles. The van der Waals surface area contributed by atoms with Crippen LogP contribution in [0.1, 0.15) is 0 Å². The predicted octanol–water partition coefficient (Wildman–Crippen LogP) is 22.2. The van der Waals surface area contributed by atoms with E-state index >= 15 is 0 Å². The molecule has 0 aliphatic rings. The molecule has 10 heteroatoms. The number of nitrogens with zero attached hydrogens (tertiary/aromatic N) is 8. The molecule has 0 amide bonds. The summed E-state index contributed by atoms with van der Waals surface area (Å²) in [4.78, 5) is 40.3. The highest BCUT2D eigenvalue weighted by molar-refractivity contribution is 7.27. The maximum absolute atomic E-state index is 5.36. The number of benzene rings is 12. The van der Waals surface area contributed by atoms with Gasteiger partial charge in [0.1, 0.15) is 0 Å². The Hall–Kier alpha value is -12.1.